The molecule has 4 heterocycles. The van der Waals surface area contributed by atoms with Crippen molar-refractivity contribution in [3.8, 4) is 0 Å². The number of fused-ring (bicyclic) bond motifs is 2. The molecule has 2 aliphatic heterocycles. The second-order valence-electron chi connectivity index (χ2n) is 17.3. The fraction of sp³-hybridized carbons (Fsp3) is 0.375. The minimum Gasteiger partial charge on any atom is -0.333 e. The Bertz CT molecular complexity index is 2650. The van der Waals surface area contributed by atoms with Crippen molar-refractivity contribution in [3.05, 3.63) is 165 Å². The molecular formula is C48H46F12N10O2. The predicted molar refractivity (Wildman–Crippen MR) is 234 cm³/mol. The van der Waals surface area contributed by atoms with Gasteiger partial charge in [-0.05, 0) is 61.1 Å². The smallest absolute Gasteiger partial charge is 0.333 e. The molecule has 0 unspecified atom stereocenters. The Morgan fingerprint density at radius 2 is 0.861 bits per heavy atom. The summed E-state index contributed by atoms with van der Waals surface area (Å²) in [5.74, 6) is -9.94. The van der Waals surface area contributed by atoms with Gasteiger partial charge < -0.3 is 29.6 Å². The number of aromatic nitrogens is 6. The standard InChI is InChI=1S/2C24H23F6N5O/c2*1-14(15-5-3-2-4-6-15)31-17(9-16-10-19(26)20(27)12-18(16)25)11-22(36)34-7-8-35-21(13-34)32-33-23(35)24(28,29)30/h2*2-6,10,12,14,17,31H,7-9,11,13H2,1H3/t14-,17+;14-,17-/m00/s1. The second kappa shape index (κ2) is 22.3. The maximum Gasteiger partial charge on any atom is 0.451 e. The molecule has 6 aromatic rings. The van der Waals surface area contributed by atoms with E-state index >= 15 is 0 Å². The molecular weight excluding hydrogens is 977 g/mol. The molecule has 2 aliphatic rings. The minimum absolute atomic E-state index is 0.00739. The van der Waals surface area contributed by atoms with Crippen LogP contribution in [-0.4, -0.2) is 76.3 Å². The molecule has 2 N–H and O–H groups in total. The van der Waals surface area contributed by atoms with Gasteiger partial charge in [-0.25, -0.2) is 26.3 Å². The molecule has 0 saturated heterocycles. The van der Waals surface area contributed by atoms with Gasteiger partial charge in [0.2, 0.25) is 23.5 Å². The molecule has 0 aliphatic carbocycles. The number of rotatable bonds is 14. The maximum absolute atomic E-state index is 14.4. The van der Waals surface area contributed by atoms with Gasteiger partial charge in [0.15, 0.2) is 34.9 Å². The highest BCUT2D eigenvalue weighted by Gasteiger charge is 2.41. The molecule has 12 nitrogen and oxygen atoms in total. The molecule has 0 radical (unpaired) electrons. The highest BCUT2D eigenvalue weighted by molar-refractivity contribution is 5.77. The van der Waals surface area contributed by atoms with Crippen LogP contribution in [0.25, 0.3) is 0 Å². The van der Waals surface area contributed by atoms with Gasteiger partial charge in [0, 0.05) is 75.3 Å². The first-order valence-electron chi connectivity index (χ1n) is 22.5. The van der Waals surface area contributed by atoms with Crippen molar-refractivity contribution in [2.75, 3.05) is 13.1 Å². The van der Waals surface area contributed by atoms with Crippen molar-refractivity contribution in [2.45, 2.75) is 102 Å². The molecule has 72 heavy (non-hydrogen) atoms. The average molecular weight is 1020 g/mol. The quantitative estimate of drug-likeness (QED) is 0.0820. The zero-order chi connectivity index (χ0) is 52.1. The van der Waals surface area contributed by atoms with Crippen LogP contribution in [0.15, 0.2) is 84.9 Å². The molecule has 4 aromatic carbocycles. The van der Waals surface area contributed by atoms with Crippen LogP contribution >= 0.6 is 0 Å². The molecule has 0 bridgehead atoms. The van der Waals surface area contributed by atoms with Gasteiger partial charge in [-0.15, -0.1) is 20.4 Å². The molecule has 0 saturated carbocycles. The average Bonchev–Trinajstić information content (AvgIpc) is 3.98. The predicted octanol–water partition coefficient (Wildman–Crippen LogP) is 8.82. The molecule has 0 spiro atoms. The van der Waals surface area contributed by atoms with Crippen LogP contribution in [0.3, 0.4) is 0 Å². The van der Waals surface area contributed by atoms with E-state index < -0.39 is 82.8 Å². The lowest BCUT2D eigenvalue weighted by Gasteiger charge is -2.30. The molecule has 4 atom stereocenters. The Morgan fingerprint density at radius 1 is 0.514 bits per heavy atom. The Morgan fingerprint density at radius 3 is 1.21 bits per heavy atom. The van der Waals surface area contributed by atoms with E-state index in [9.17, 15) is 62.3 Å². The topological polar surface area (TPSA) is 126 Å². The summed E-state index contributed by atoms with van der Waals surface area (Å²) in [4.78, 5) is 28.9. The summed E-state index contributed by atoms with van der Waals surface area (Å²) >= 11 is 0. The van der Waals surface area contributed by atoms with E-state index in [0.717, 1.165) is 32.4 Å². The van der Waals surface area contributed by atoms with Gasteiger partial charge in [-0.1, -0.05) is 60.7 Å². The highest BCUT2D eigenvalue weighted by Crippen LogP contribution is 2.31. The third kappa shape index (κ3) is 13.0. The fourth-order valence-electron chi connectivity index (χ4n) is 8.57. The van der Waals surface area contributed by atoms with Gasteiger partial charge in [0.25, 0.3) is 0 Å². The summed E-state index contributed by atoms with van der Waals surface area (Å²) in [5.41, 5.74) is 1.58. The molecule has 24 heteroatoms. The van der Waals surface area contributed by atoms with Crippen LogP contribution in [-0.2, 0) is 61.0 Å². The molecule has 384 valence electrons. The number of nitrogens with one attached hydrogen (secondary N) is 2. The maximum atomic E-state index is 14.4. The van der Waals surface area contributed by atoms with E-state index in [1.54, 1.807) is 0 Å². The van der Waals surface area contributed by atoms with Crippen molar-refractivity contribution < 1.29 is 62.3 Å². The van der Waals surface area contributed by atoms with Crippen molar-refractivity contribution in [2.24, 2.45) is 0 Å². The van der Waals surface area contributed by atoms with Crippen LogP contribution in [0.2, 0.25) is 0 Å². The first kappa shape index (κ1) is 53.0. The summed E-state index contributed by atoms with van der Waals surface area (Å²) in [6.07, 6.45) is -9.86. The summed E-state index contributed by atoms with van der Waals surface area (Å²) in [6.45, 7) is 3.12. The third-order valence-corrected chi connectivity index (χ3v) is 12.2. The molecule has 2 amide bonds. The van der Waals surface area contributed by atoms with E-state index in [0.29, 0.717) is 12.1 Å². The lowest BCUT2D eigenvalue weighted by atomic mass is 9.99. The lowest BCUT2D eigenvalue weighted by Crippen LogP contribution is -2.43. The monoisotopic (exact) mass is 1020 g/mol. The van der Waals surface area contributed by atoms with Crippen LogP contribution < -0.4 is 10.6 Å². The Hall–Kier alpha value is -6.82. The first-order valence-corrected chi connectivity index (χ1v) is 22.5. The van der Waals surface area contributed by atoms with Gasteiger partial charge in [0.1, 0.15) is 11.6 Å². The molecule has 0 fully saturated rings. The number of nitrogens with zero attached hydrogens (tertiary/aromatic N) is 8. The second-order valence-corrected chi connectivity index (χ2v) is 17.3. The lowest BCUT2D eigenvalue weighted by molar-refractivity contribution is -0.149. The Kier molecular flexibility index (Phi) is 16.4. The van der Waals surface area contributed by atoms with E-state index in [1.165, 1.54) is 9.80 Å². The van der Waals surface area contributed by atoms with Crippen molar-refractivity contribution in [1.82, 2.24) is 50.0 Å². The minimum atomic E-state index is -4.66. The number of carbonyl (C=O) groups is 2. The van der Waals surface area contributed by atoms with Crippen LogP contribution in [0.4, 0.5) is 52.7 Å². The van der Waals surface area contributed by atoms with Crippen molar-refractivity contribution >= 4 is 11.8 Å². The SMILES string of the molecule is C[C@H](N[C@@H](CC(=O)N1CCn2c(nnc2C(F)(F)F)C1)Cc1cc(F)c(F)cc1F)c1ccccc1.C[C@H](N[C@H](CC(=O)N1CCn2c(nnc2C(F)(F)F)C1)Cc1cc(F)c(F)cc1F)c1ccccc1. The Labute approximate surface area is 404 Å². The number of carbonyl (C=O) groups excluding carboxylic acids is 2. The largest absolute Gasteiger partial charge is 0.451 e. The van der Waals surface area contributed by atoms with E-state index in [1.807, 2.05) is 74.5 Å². The zero-order valence-corrected chi connectivity index (χ0v) is 38.4. The number of hydrogen-bond acceptors (Lipinski definition) is 8. The number of amides is 2. The molecule has 8 rings (SSSR count). The zero-order valence-electron chi connectivity index (χ0n) is 38.4. The van der Waals surface area contributed by atoms with Crippen LogP contribution in [0.5, 0.6) is 0 Å². The summed E-state index contributed by atoms with van der Waals surface area (Å²) in [7, 11) is 0. The summed E-state index contributed by atoms with van der Waals surface area (Å²) < 4.78 is 164. The number of alkyl halides is 6. The van der Waals surface area contributed by atoms with Gasteiger partial charge >= 0.3 is 12.4 Å². The fourth-order valence-corrected chi connectivity index (χ4v) is 8.57. The Balaban J connectivity index is 0.000000211. The summed E-state index contributed by atoms with van der Waals surface area (Å²) in [6, 6.07) is 19.0. The third-order valence-electron chi connectivity index (χ3n) is 12.2. The van der Waals surface area contributed by atoms with Crippen molar-refractivity contribution in [1.29, 1.82) is 0 Å². The van der Waals surface area contributed by atoms with Gasteiger partial charge in [-0.2, -0.15) is 26.3 Å². The van der Waals surface area contributed by atoms with E-state index in [-0.39, 0.29) is 99.8 Å². The van der Waals surface area contributed by atoms with Crippen LogP contribution in [0, 0.1) is 34.9 Å². The summed E-state index contributed by atoms with van der Waals surface area (Å²) in [5, 5.41) is 20.1. The first-order chi connectivity index (χ1) is 34.0. The normalized spacial score (nSPS) is 15.5. The van der Waals surface area contributed by atoms with Crippen molar-refractivity contribution in [3.63, 3.8) is 0 Å². The number of benzene rings is 4. The molecule has 2 aromatic heterocycles. The van der Waals surface area contributed by atoms with Crippen LogP contribution in [0.1, 0.15) is 84.3 Å². The van der Waals surface area contributed by atoms with E-state index in [2.05, 4.69) is 31.0 Å². The number of hydrogen-bond donors (Lipinski definition) is 2. The highest BCUT2D eigenvalue weighted by atomic mass is 19.4. The number of halogens is 12. The van der Waals surface area contributed by atoms with Gasteiger partial charge in [-0.3, -0.25) is 9.59 Å². The van der Waals surface area contributed by atoms with E-state index in [4.69, 9.17) is 0 Å². The van der Waals surface area contributed by atoms with Gasteiger partial charge in [0.05, 0.1) is 13.1 Å².